The third-order valence-electron chi connectivity index (χ3n) is 6.32. The van der Waals surface area contributed by atoms with Gasteiger partial charge in [-0.3, -0.25) is 19.4 Å². The Hall–Kier alpha value is -2.17. The zero-order valence-electron chi connectivity index (χ0n) is 19.1. The molecule has 0 saturated carbocycles. The molecular formula is C23H31Cl2N7O2. The van der Waals surface area contributed by atoms with Crippen LogP contribution in [0.4, 0.5) is 5.82 Å². The summed E-state index contributed by atoms with van der Waals surface area (Å²) in [6, 6.07) is 6.02. The van der Waals surface area contributed by atoms with Gasteiger partial charge >= 0.3 is 0 Å². The van der Waals surface area contributed by atoms with Gasteiger partial charge in [0.15, 0.2) is 5.82 Å². The van der Waals surface area contributed by atoms with E-state index in [0.29, 0.717) is 54.8 Å². The molecule has 0 spiro atoms. The second kappa shape index (κ2) is 12.0. The number of likely N-dealkylation sites (tertiary alicyclic amines) is 1. The number of nitrogens with one attached hydrogen (secondary N) is 3. The lowest BCUT2D eigenvalue weighted by atomic mass is 9.99. The van der Waals surface area contributed by atoms with Gasteiger partial charge in [0.2, 0.25) is 0 Å². The number of aliphatic hydroxyl groups excluding tert-OH is 1. The van der Waals surface area contributed by atoms with Gasteiger partial charge in [-0.1, -0.05) is 29.6 Å². The maximum atomic E-state index is 12.9. The van der Waals surface area contributed by atoms with Gasteiger partial charge in [-0.2, -0.15) is 5.10 Å². The number of H-pyrrole nitrogens is 1. The van der Waals surface area contributed by atoms with Crippen molar-refractivity contribution in [3.8, 4) is 0 Å². The van der Waals surface area contributed by atoms with Gasteiger partial charge in [0, 0.05) is 49.2 Å². The van der Waals surface area contributed by atoms with Crippen molar-refractivity contribution in [2.24, 2.45) is 0 Å². The third kappa shape index (κ3) is 6.09. The third-order valence-corrected chi connectivity index (χ3v) is 6.86. The molecule has 0 amide bonds. The van der Waals surface area contributed by atoms with Crippen molar-refractivity contribution in [3.05, 3.63) is 50.6 Å². The zero-order valence-corrected chi connectivity index (χ0v) is 20.6. The predicted molar refractivity (Wildman–Crippen MR) is 136 cm³/mol. The van der Waals surface area contributed by atoms with Gasteiger partial charge in [0.1, 0.15) is 5.15 Å². The van der Waals surface area contributed by atoms with Crippen molar-refractivity contribution >= 4 is 39.9 Å². The summed E-state index contributed by atoms with van der Waals surface area (Å²) in [4.78, 5) is 19.5. The summed E-state index contributed by atoms with van der Waals surface area (Å²) in [5.74, 6) is 0.307. The number of hydrogen-bond donors (Lipinski definition) is 4. The molecule has 1 atom stereocenters. The molecule has 4 N–H and O–H groups in total. The molecule has 184 valence electrons. The molecule has 1 aromatic carbocycles. The molecule has 3 aromatic rings. The zero-order chi connectivity index (χ0) is 23.9. The standard InChI is InChI=1S/C23H31Cl2N7O2/c24-16-4-5-19-18(13-16)20(30-29-19)14-26-8-10-32-21(25)15-28-22(23(32)34)27-7-6-17-3-1-2-9-31(17)11-12-33/h4-5,13,15,17,26,33H,1-3,6-12,14H2,(H,27,28)(H,29,30). The topological polar surface area (TPSA) is 111 Å². The van der Waals surface area contributed by atoms with Crippen molar-refractivity contribution in [3.63, 3.8) is 0 Å². The van der Waals surface area contributed by atoms with Crippen LogP contribution in [-0.2, 0) is 13.1 Å². The van der Waals surface area contributed by atoms with Crippen LogP contribution < -0.4 is 16.2 Å². The summed E-state index contributed by atoms with van der Waals surface area (Å²) >= 11 is 12.4. The van der Waals surface area contributed by atoms with E-state index in [1.54, 1.807) is 0 Å². The molecule has 1 aliphatic heterocycles. The van der Waals surface area contributed by atoms with Crippen molar-refractivity contribution < 1.29 is 5.11 Å². The first-order chi connectivity index (χ1) is 16.6. The second-order valence-corrected chi connectivity index (χ2v) is 9.37. The van der Waals surface area contributed by atoms with Gasteiger partial charge in [0.05, 0.1) is 24.0 Å². The first-order valence-corrected chi connectivity index (χ1v) is 12.5. The van der Waals surface area contributed by atoms with Crippen LogP contribution in [0.15, 0.2) is 29.2 Å². The molecule has 1 unspecified atom stereocenters. The van der Waals surface area contributed by atoms with Crippen molar-refractivity contribution in [1.29, 1.82) is 0 Å². The Morgan fingerprint density at radius 1 is 1.21 bits per heavy atom. The van der Waals surface area contributed by atoms with Gasteiger partial charge in [-0.25, -0.2) is 4.98 Å². The Kier molecular flexibility index (Phi) is 8.80. The summed E-state index contributed by atoms with van der Waals surface area (Å²) in [7, 11) is 0. The minimum atomic E-state index is -0.234. The van der Waals surface area contributed by atoms with Crippen LogP contribution in [0.3, 0.4) is 0 Å². The van der Waals surface area contributed by atoms with Gasteiger partial charge in [-0.15, -0.1) is 0 Å². The summed E-state index contributed by atoms with van der Waals surface area (Å²) in [6.07, 6.45) is 5.89. The molecule has 1 saturated heterocycles. The highest BCUT2D eigenvalue weighted by Crippen LogP contribution is 2.21. The van der Waals surface area contributed by atoms with E-state index in [1.165, 1.54) is 23.6 Å². The van der Waals surface area contributed by atoms with Crippen LogP contribution in [0.5, 0.6) is 0 Å². The number of aromatic nitrogens is 4. The van der Waals surface area contributed by atoms with Gasteiger partial charge in [0.25, 0.3) is 5.56 Å². The Morgan fingerprint density at radius 3 is 2.94 bits per heavy atom. The van der Waals surface area contributed by atoms with Gasteiger partial charge < -0.3 is 15.7 Å². The number of aliphatic hydroxyl groups is 1. The van der Waals surface area contributed by atoms with Gasteiger partial charge in [-0.05, 0) is 44.0 Å². The smallest absolute Gasteiger partial charge is 0.294 e. The Morgan fingerprint density at radius 2 is 2.09 bits per heavy atom. The lowest BCUT2D eigenvalue weighted by Crippen LogP contribution is -2.42. The average molecular weight is 508 g/mol. The van der Waals surface area contributed by atoms with E-state index >= 15 is 0 Å². The van der Waals surface area contributed by atoms with Crippen LogP contribution >= 0.6 is 23.2 Å². The molecule has 3 heterocycles. The number of rotatable bonds is 11. The van der Waals surface area contributed by atoms with Crippen LogP contribution in [0, 0.1) is 0 Å². The molecule has 9 nitrogen and oxygen atoms in total. The molecule has 34 heavy (non-hydrogen) atoms. The highest BCUT2D eigenvalue weighted by atomic mass is 35.5. The molecule has 0 radical (unpaired) electrons. The number of benzene rings is 1. The lowest BCUT2D eigenvalue weighted by molar-refractivity contribution is 0.113. The highest BCUT2D eigenvalue weighted by Gasteiger charge is 2.21. The molecule has 4 rings (SSSR count). The van der Waals surface area contributed by atoms with E-state index in [2.05, 4.69) is 30.7 Å². The first kappa shape index (κ1) is 24.9. The van der Waals surface area contributed by atoms with E-state index in [-0.39, 0.29) is 12.2 Å². The highest BCUT2D eigenvalue weighted by molar-refractivity contribution is 6.31. The maximum Gasteiger partial charge on any atom is 0.294 e. The molecule has 1 fully saturated rings. The van der Waals surface area contributed by atoms with E-state index in [0.717, 1.165) is 36.0 Å². The summed E-state index contributed by atoms with van der Waals surface area (Å²) < 4.78 is 1.52. The number of anilines is 1. The van der Waals surface area contributed by atoms with E-state index in [4.69, 9.17) is 23.2 Å². The molecular weight excluding hydrogens is 477 g/mol. The number of β-amino-alcohol motifs (C(OH)–C–C–N with tert-alkyl or cyclic N) is 1. The van der Waals surface area contributed by atoms with E-state index in [1.807, 2.05) is 18.2 Å². The molecule has 0 aliphatic carbocycles. The van der Waals surface area contributed by atoms with Crippen LogP contribution in [0.25, 0.3) is 10.9 Å². The van der Waals surface area contributed by atoms with Crippen LogP contribution in [-0.4, -0.2) is 68.6 Å². The fourth-order valence-corrected chi connectivity index (χ4v) is 4.92. The van der Waals surface area contributed by atoms with Crippen molar-refractivity contribution in [2.75, 3.05) is 38.1 Å². The minimum absolute atomic E-state index is 0.172. The number of hydrogen-bond acceptors (Lipinski definition) is 7. The fourth-order valence-electron chi connectivity index (χ4n) is 4.54. The van der Waals surface area contributed by atoms with E-state index < -0.39 is 0 Å². The normalized spacial score (nSPS) is 16.9. The number of halogens is 2. The average Bonchev–Trinajstić information content (AvgIpc) is 3.23. The van der Waals surface area contributed by atoms with Crippen molar-refractivity contribution in [2.45, 2.75) is 44.8 Å². The van der Waals surface area contributed by atoms with Crippen LogP contribution in [0.1, 0.15) is 31.4 Å². The van der Waals surface area contributed by atoms with Crippen molar-refractivity contribution in [1.82, 2.24) is 30.0 Å². The van der Waals surface area contributed by atoms with E-state index in [9.17, 15) is 9.90 Å². The Labute approximate surface area is 208 Å². The van der Waals surface area contributed by atoms with Crippen LogP contribution in [0.2, 0.25) is 10.2 Å². The fraction of sp³-hybridized carbons (Fsp3) is 0.522. The second-order valence-electron chi connectivity index (χ2n) is 8.55. The largest absolute Gasteiger partial charge is 0.395 e. The maximum absolute atomic E-state index is 12.9. The monoisotopic (exact) mass is 507 g/mol. The Balaban J connectivity index is 1.30. The number of nitrogens with zero attached hydrogens (tertiary/aromatic N) is 4. The quantitative estimate of drug-likeness (QED) is 0.295. The molecule has 1 aliphatic rings. The first-order valence-electron chi connectivity index (χ1n) is 11.7. The Bertz CT molecular complexity index is 1150. The summed E-state index contributed by atoms with van der Waals surface area (Å²) in [6.45, 7) is 4.01. The molecule has 2 aromatic heterocycles. The summed E-state index contributed by atoms with van der Waals surface area (Å²) in [5, 5.41) is 25.1. The molecule has 11 heteroatoms. The summed E-state index contributed by atoms with van der Waals surface area (Å²) in [5.41, 5.74) is 1.56. The lowest BCUT2D eigenvalue weighted by Gasteiger charge is -2.35. The predicted octanol–water partition coefficient (Wildman–Crippen LogP) is 2.87. The minimum Gasteiger partial charge on any atom is -0.395 e. The number of piperidine rings is 1. The molecule has 0 bridgehead atoms. The SMILES string of the molecule is O=c1c(NCCC2CCCCN2CCO)ncc(Cl)n1CCNCc1n[nH]c2ccc(Cl)cc12. The number of aromatic amines is 1. The number of fused-ring (bicyclic) bond motifs is 1.